The van der Waals surface area contributed by atoms with Crippen LogP contribution in [0.15, 0.2) is 60.9 Å². The van der Waals surface area contributed by atoms with Crippen LogP contribution in [0, 0.1) is 5.82 Å². The van der Waals surface area contributed by atoms with Crippen molar-refractivity contribution in [3.63, 3.8) is 0 Å². The molecule has 0 bridgehead atoms. The predicted octanol–water partition coefficient (Wildman–Crippen LogP) is 4.63. The number of anilines is 3. The Labute approximate surface area is 151 Å². The van der Waals surface area contributed by atoms with Gasteiger partial charge in [-0.2, -0.15) is 13.2 Å². The average Bonchev–Trinajstić information content (AvgIpc) is 2.62. The first kappa shape index (κ1) is 18.3. The molecule has 0 spiro atoms. The first-order valence-corrected chi connectivity index (χ1v) is 7.64. The van der Waals surface area contributed by atoms with E-state index in [1.807, 2.05) is 0 Å². The molecule has 0 aliphatic heterocycles. The molecule has 2 aromatic carbocycles. The number of nitrogens with zero attached hydrogens (tertiary/aromatic N) is 2. The Hall–Kier alpha value is -3.49. The molecule has 138 valence electrons. The van der Waals surface area contributed by atoms with Gasteiger partial charge in [-0.15, -0.1) is 0 Å². The van der Waals surface area contributed by atoms with E-state index in [1.54, 1.807) is 6.07 Å². The second-order valence-electron chi connectivity index (χ2n) is 5.46. The summed E-state index contributed by atoms with van der Waals surface area (Å²) in [7, 11) is 0. The zero-order valence-corrected chi connectivity index (χ0v) is 13.6. The van der Waals surface area contributed by atoms with Gasteiger partial charge < -0.3 is 10.6 Å². The summed E-state index contributed by atoms with van der Waals surface area (Å²) in [6, 6.07) is 9.93. The summed E-state index contributed by atoms with van der Waals surface area (Å²) in [6.45, 7) is 0. The second kappa shape index (κ2) is 7.40. The van der Waals surface area contributed by atoms with Crippen LogP contribution in [-0.4, -0.2) is 15.9 Å². The summed E-state index contributed by atoms with van der Waals surface area (Å²) in [5.74, 6) is -0.958. The lowest BCUT2D eigenvalue weighted by Gasteiger charge is -2.10. The normalized spacial score (nSPS) is 11.1. The molecular weight excluding hydrogens is 364 g/mol. The van der Waals surface area contributed by atoms with Gasteiger partial charge in [0.25, 0.3) is 5.91 Å². The molecule has 0 aliphatic carbocycles. The van der Waals surface area contributed by atoms with Crippen LogP contribution in [0.5, 0.6) is 0 Å². The Morgan fingerprint density at radius 3 is 2.26 bits per heavy atom. The molecule has 2 N–H and O–H groups in total. The molecule has 3 rings (SSSR count). The molecule has 3 aromatic rings. The van der Waals surface area contributed by atoms with Crippen molar-refractivity contribution in [3.8, 4) is 0 Å². The zero-order chi connectivity index (χ0) is 19.4. The first-order chi connectivity index (χ1) is 12.8. The summed E-state index contributed by atoms with van der Waals surface area (Å²) in [4.78, 5) is 20.0. The van der Waals surface area contributed by atoms with Gasteiger partial charge in [0.1, 0.15) is 5.82 Å². The summed E-state index contributed by atoms with van der Waals surface area (Å²) in [5, 5.41) is 5.12. The zero-order valence-electron chi connectivity index (χ0n) is 13.6. The molecule has 0 atom stereocenters. The van der Waals surface area contributed by atoms with E-state index in [4.69, 9.17) is 0 Å². The molecule has 1 aromatic heterocycles. The maximum Gasteiger partial charge on any atom is 0.416 e. The van der Waals surface area contributed by atoms with Gasteiger partial charge >= 0.3 is 6.18 Å². The van der Waals surface area contributed by atoms with E-state index in [1.165, 1.54) is 42.7 Å². The lowest BCUT2D eigenvalue weighted by molar-refractivity contribution is -0.137. The third-order valence-electron chi connectivity index (χ3n) is 3.44. The maximum atomic E-state index is 13.1. The fourth-order valence-corrected chi connectivity index (χ4v) is 2.18. The third kappa shape index (κ3) is 4.78. The minimum atomic E-state index is -4.51. The van der Waals surface area contributed by atoms with E-state index in [0.29, 0.717) is 5.69 Å². The molecule has 0 saturated heterocycles. The van der Waals surface area contributed by atoms with Crippen LogP contribution in [0.3, 0.4) is 0 Å². The van der Waals surface area contributed by atoms with Gasteiger partial charge in [0, 0.05) is 23.8 Å². The standard InChI is InChI=1S/C18H12F4N4O/c19-13-4-2-6-15(8-13)26-17-23-9-11(10-24-17)16(27)25-14-5-1-3-12(7-14)18(20,21)22/h1-10H,(H,25,27)(H,23,24,26). The lowest BCUT2D eigenvalue weighted by Crippen LogP contribution is -2.14. The molecule has 0 fully saturated rings. The van der Waals surface area contributed by atoms with Gasteiger partial charge in [-0.25, -0.2) is 14.4 Å². The van der Waals surface area contributed by atoms with Crippen LogP contribution >= 0.6 is 0 Å². The molecule has 1 heterocycles. The number of rotatable bonds is 4. The number of hydrogen-bond acceptors (Lipinski definition) is 4. The third-order valence-corrected chi connectivity index (χ3v) is 3.44. The number of hydrogen-bond donors (Lipinski definition) is 2. The number of alkyl halides is 3. The Bertz CT molecular complexity index is 958. The predicted molar refractivity (Wildman–Crippen MR) is 91.1 cm³/mol. The van der Waals surface area contributed by atoms with E-state index >= 15 is 0 Å². The van der Waals surface area contributed by atoms with Crippen LogP contribution in [0.4, 0.5) is 34.9 Å². The highest BCUT2D eigenvalue weighted by atomic mass is 19.4. The van der Waals surface area contributed by atoms with E-state index in [0.717, 1.165) is 12.1 Å². The van der Waals surface area contributed by atoms with Crippen molar-refractivity contribution in [1.82, 2.24) is 9.97 Å². The topological polar surface area (TPSA) is 66.9 Å². The maximum absolute atomic E-state index is 13.1. The molecule has 5 nitrogen and oxygen atoms in total. The fraction of sp³-hybridized carbons (Fsp3) is 0.0556. The van der Waals surface area contributed by atoms with Gasteiger partial charge in [-0.05, 0) is 36.4 Å². The number of carbonyl (C=O) groups excluding carboxylic acids is 1. The molecule has 0 unspecified atom stereocenters. The molecule has 0 radical (unpaired) electrons. The van der Waals surface area contributed by atoms with Gasteiger partial charge in [0.2, 0.25) is 5.95 Å². The number of carbonyl (C=O) groups is 1. The van der Waals surface area contributed by atoms with Crippen molar-refractivity contribution >= 4 is 23.2 Å². The molecule has 0 saturated carbocycles. The summed E-state index contributed by atoms with van der Waals surface area (Å²) < 4.78 is 51.3. The second-order valence-corrected chi connectivity index (χ2v) is 5.46. The van der Waals surface area contributed by atoms with Crippen LogP contribution in [0.25, 0.3) is 0 Å². The SMILES string of the molecule is O=C(Nc1cccc(C(F)(F)F)c1)c1cnc(Nc2cccc(F)c2)nc1. The highest BCUT2D eigenvalue weighted by Crippen LogP contribution is 2.30. The summed E-state index contributed by atoms with van der Waals surface area (Å²) in [5.41, 5.74) is -0.392. The monoisotopic (exact) mass is 376 g/mol. The Kier molecular flexibility index (Phi) is 5.02. The van der Waals surface area contributed by atoms with Gasteiger partial charge in [0.15, 0.2) is 0 Å². The summed E-state index contributed by atoms with van der Waals surface area (Å²) >= 11 is 0. The quantitative estimate of drug-likeness (QED) is 0.652. The number of nitrogens with one attached hydrogen (secondary N) is 2. The van der Waals surface area contributed by atoms with Crippen LogP contribution < -0.4 is 10.6 Å². The van der Waals surface area contributed by atoms with Crippen molar-refractivity contribution in [3.05, 3.63) is 77.9 Å². The summed E-state index contributed by atoms with van der Waals surface area (Å²) in [6.07, 6.45) is -2.09. The van der Waals surface area contributed by atoms with E-state index in [-0.39, 0.29) is 17.2 Å². The van der Waals surface area contributed by atoms with Gasteiger partial charge in [-0.1, -0.05) is 12.1 Å². The fourth-order valence-electron chi connectivity index (χ4n) is 2.18. The van der Waals surface area contributed by atoms with Crippen LogP contribution in [-0.2, 0) is 6.18 Å². The smallest absolute Gasteiger partial charge is 0.324 e. The molecule has 27 heavy (non-hydrogen) atoms. The van der Waals surface area contributed by atoms with Crippen molar-refractivity contribution in [2.45, 2.75) is 6.18 Å². The highest BCUT2D eigenvalue weighted by molar-refractivity contribution is 6.03. The Morgan fingerprint density at radius 1 is 0.926 bits per heavy atom. The minimum absolute atomic E-state index is 0.00297. The molecule has 0 aliphatic rings. The molecular formula is C18H12F4N4O. The number of benzene rings is 2. The van der Waals surface area contributed by atoms with Gasteiger partial charge in [-0.3, -0.25) is 4.79 Å². The minimum Gasteiger partial charge on any atom is -0.324 e. The van der Waals surface area contributed by atoms with Crippen LogP contribution in [0.1, 0.15) is 15.9 Å². The number of aromatic nitrogens is 2. The number of halogens is 4. The highest BCUT2D eigenvalue weighted by Gasteiger charge is 2.30. The van der Waals surface area contributed by atoms with Gasteiger partial charge in [0.05, 0.1) is 11.1 Å². The Balaban J connectivity index is 1.69. The number of amides is 1. The average molecular weight is 376 g/mol. The Morgan fingerprint density at radius 2 is 1.59 bits per heavy atom. The van der Waals surface area contributed by atoms with Crippen molar-refractivity contribution in [2.24, 2.45) is 0 Å². The van der Waals surface area contributed by atoms with Crippen molar-refractivity contribution < 1.29 is 22.4 Å². The molecule has 1 amide bonds. The first-order valence-electron chi connectivity index (χ1n) is 7.64. The van der Waals surface area contributed by atoms with E-state index in [9.17, 15) is 22.4 Å². The van der Waals surface area contributed by atoms with Crippen molar-refractivity contribution in [2.75, 3.05) is 10.6 Å². The molecule has 9 heteroatoms. The largest absolute Gasteiger partial charge is 0.416 e. The lowest BCUT2D eigenvalue weighted by atomic mass is 10.2. The van der Waals surface area contributed by atoms with E-state index < -0.39 is 23.5 Å². The van der Waals surface area contributed by atoms with Crippen LogP contribution in [0.2, 0.25) is 0 Å². The van der Waals surface area contributed by atoms with Crippen molar-refractivity contribution in [1.29, 1.82) is 0 Å². The van der Waals surface area contributed by atoms with E-state index in [2.05, 4.69) is 20.6 Å².